The molecule has 0 aliphatic carbocycles. The Bertz CT molecular complexity index is 544. The molecule has 4 nitrogen and oxygen atoms in total. The van der Waals surface area contributed by atoms with Gasteiger partial charge in [0.1, 0.15) is 0 Å². The van der Waals surface area contributed by atoms with Crippen LogP contribution in [-0.2, 0) is 6.54 Å². The van der Waals surface area contributed by atoms with E-state index in [1.807, 2.05) is 30.5 Å². The molecule has 0 unspecified atom stereocenters. The van der Waals surface area contributed by atoms with E-state index >= 15 is 0 Å². The Balaban J connectivity index is 1.83. The van der Waals surface area contributed by atoms with Crippen LogP contribution in [-0.4, -0.2) is 11.0 Å². The molecule has 0 aliphatic rings. The molecule has 0 saturated carbocycles. The lowest BCUT2D eigenvalue weighted by molar-refractivity contribution is 0.237. The molecular weight excluding hydrogens is 326 g/mol. The van der Waals surface area contributed by atoms with Crippen molar-refractivity contribution in [3.8, 4) is 0 Å². The number of halogens is 1. The predicted octanol–water partition coefficient (Wildman–Crippen LogP) is 3.47. The number of aromatic nitrogens is 1. The molecule has 2 aromatic rings. The van der Waals surface area contributed by atoms with Crippen LogP contribution in [0.25, 0.3) is 0 Å². The van der Waals surface area contributed by atoms with Crippen LogP contribution < -0.4 is 10.6 Å². The van der Waals surface area contributed by atoms with Gasteiger partial charge in [-0.25, -0.2) is 4.79 Å². The summed E-state index contributed by atoms with van der Waals surface area (Å²) in [6.45, 7) is 2.45. The van der Waals surface area contributed by atoms with Crippen LogP contribution >= 0.6 is 27.3 Å². The molecule has 100 valence electrons. The number of hydrogen-bond acceptors (Lipinski definition) is 3. The SMILES string of the molecule is C[C@H](NC(=O)NCc1sccc1Br)c1cccnc1. The fraction of sp³-hybridized carbons (Fsp3) is 0.231. The number of nitrogens with zero attached hydrogens (tertiary/aromatic N) is 1. The van der Waals surface area contributed by atoms with E-state index in [1.165, 1.54) is 0 Å². The molecule has 0 radical (unpaired) electrons. The zero-order valence-electron chi connectivity index (χ0n) is 10.4. The van der Waals surface area contributed by atoms with E-state index in [2.05, 4.69) is 31.5 Å². The summed E-state index contributed by atoms with van der Waals surface area (Å²) < 4.78 is 1.03. The molecule has 0 aromatic carbocycles. The quantitative estimate of drug-likeness (QED) is 0.896. The van der Waals surface area contributed by atoms with Crippen LogP contribution in [0.1, 0.15) is 23.4 Å². The molecule has 2 rings (SSSR count). The van der Waals surface area contributed by atoms with Crippen LogP contribution in [0.15, 0.2) is 40.4 Å². The minimum atomic E-state index is -0.184. The number of thiophene rings is 1. The fourth-order valence-electron chi connectivity index (χ4n) is 1.57. The maximum absolute atomic E-state index is 11.8. The minimum Gasteiger partial charge on any atom is -0.333 e. The summed E-state index contributed by atoms with van der Waals surface area (Å²) in [6, 6.07) is 5.51. The van der Waals surface area contributed by atoms with Gasteiger partial charge in [0.2, 0.25) is 0 Å². The first kappa shape index (κ1) is 14.0. The van der Waals surface area contributed by atoms with Crippen molar-refractivity contribution in [2.75, 3.05) is 0 Å². The van der Waals surface area contributed by atoms with Gasteiger partial charge in [-0.1, -0.05) is 6.07 Å². The van der Waals surface area contributed by atoms with E-state index in [0.717, 1.165) is 14.9 Å². The van der Waals surface area contributed by atoms with Gasteiger partial charge in [0.25, 0.3) is 0 Å². The van der Waals surface area contributed by atoms with Gasteiger partial charge in [-0.15, -0.1) is 11.3 Å². The largest absolute Gasteiger partial charge is 0.333 e. The highest BCUT2D eigenvalue weighted by Gasteiger charge is 2.09. The van der Waals surface area contributed by atoms with Crippen molar-refractivity contribution in [3.63, 3.8) is 0 Å². The number of hydrogen-bond donors (Lipinski definition) is 2. The maximum atomic E-state index is 11.8. The van der Waals surface area contributed by atoms with E-state index in [9.17, 15) is 4.79 Å². The molecule has 2 aromatic heterocycles. The molecule has 19 heavy (non-hydrogen) atoms. The van der Waals surface area contributed by atoms with Crippen LogP contribution in [0.5, 0.6) is 0 Å². The Kier molecular flexibility index (Phi) is 4.93. The molecule has 0 saturated heterocycles. The molecule has 2 N–H and O–H groups in total. The lowest BCUT2D eigenvalue weighted by Gasteiger charge is -2.14. The lowest BCUT2D eigenvalue weighted by Crippen LogP contribution is -2.36. The molecule has 0 spiro atoms. The second kappa shape index (κ2) is 6.68. The summed E-state index contributed by atoms with van der Waals surface area (Å²) in [6.07, 6.45) is 3.46. The monoisotopic (exact) mass is 339 g/mol. The average molecular weight is 340 g/mol. The summed E-state index contributed by atoms with van der Waals surface area (Å²) in [5.74, 6) is 0. The standard InChI is InChI=1S/C13H14BrN3OS/c1-9(10-3-2-5-15-7-10)17-13(18)16-8-12-11(14)4-6-19-12/h2-7,9H,8H2,1H3,(H2,16,17,18)/t9-/m0/s1. The highest BCUT2D eigenvalue weighted by molar-refractivity contribution is 9.10. The third-order valence-corrected chi connectivity index (χ3v) is 4.56. The fourth-order valence-corrected chi connectivity index (χ4v) is 3.01. The summed E-state index contributed by atoms with van der Waals surface area (Å²) >= 11 is 5.04. The van der Waals surface area contributed by atoms with Crippen molar-refractivity contribution in [1.82, 2.24) is 15.6 Å². The molecule has 6 heteroatoms. The van der Waals surface area contributed by atoms with Gasteiger partial charge >= 0.3 is 6.03 Å². The maximum Gasteiger partial charge on any atom is 0.315 e. The van der Waals surface area contributed by atoms with E-state index in [0.29, 0.717) is 6.54 Å². The number of rotatable bonds is 4. The van der Waals surface area contributed by atoms with Crippen molar-refractivity contribution >= 4 is 33.3 Å². The third-order valence-electron chi connectivity index (χ3n) is 2.63. The van der Waals surface area contributed by atoms with Crippen molar-refractivity contribution < 1.29 is 4.79 Å². The number of carbonyl (C=O) groups is 1. The predicted molar refractivity (Wildman–Crippen MR) is 80.0 cm³/mol. The number of urea groups is 1. The Labute approximate surface area is 124 Å². The Morgan fingerprint density at radius 3 is 3.00 bits per heavy atom. The topological polar surface area (TPSA) is 54.0 Å². The molecule has 1 atom stereocenters. The van der Waals surface area contributed by atoms with Crippen LogP contribution in [0, 0.1) is 0 Å². The zero-order valence-corrected chi connectivity index (χ0v) is 12.8. The van der Waals surface area contributed by atoms with Crippen molar-refractivity contribution in [1.29, 1.82) is 0 Å². The summed E-state index contributed by atoms with van der Waals surface area (Å²) in [7, 11) is 0. The van der Waals surface area contributed by atoms with Gasteiger partial charge in [0.15, 0.2) is 0 Å². The van der Waals surface area contributed by atoms with Crippen LogP contribution in [0.3, 0.4) is 0 Å². The van der Waals surface area contributed by atoms with Gasteiger partial charge in [-0.05, 0) is 45.9 Å². The van der Waals surface area contributed by atoms with E-state index in [1.54, 1.807) is 23.7 Å². The van der Waals surface area contributed by atoms with Crippen LogP contribution in [0.2, 0.25) is 0 Å². The van der Waals surface area contributed by atoms with E-state index in [-0.39, 0.29) is 12.1 Å². The van der Waals surface area contributed by atoms with Gasteiger partial charge in [-0.3, -0.25) is 4.98 Å². The summed E-state index contributed by atoms with van der Waals surface area (Å²) in [5, 5.41) is 7.70. The molecule has 0 aliphatic heterocycles. The minimum absolute atomic E-state index is 0.0690. The highest BCUT2D eigenvalue weighted by Crippen LogP contribution is 2.22. The van der Waals surface area contributed by atoms with Crippen molar-refractivity contribution in [3.05, 3.63) is 50.9 Å². The van der Waals surface area contributed by atoms with Crippen molar-refractivity contribution in [2.45, 2.75) is 19.5 Å². The second-order valence-electron chi connectivity index (χ2n) is 4.03. The Morgan fingerprint density at radius 1 is 1.53 bits per heavy atom. The Hall–Kier alpha value is -1.40. The first-order chi connectivity index (χ1) is 9.16. The smallest absolute Gasteiger partial charge is 0.315 e. The zero-order chi connectivity index (χ0) is 13.7. The molecule has 2 amide bonds. The lowest BCUT2D eigenvalue weighted by atomic mass is 10.1. The normalized spacial score (nSPS) is 11.9. The van der Waals surface area contributed by atoms with Gasteiger partial charge in [0.05, 0.1) is 12.6 Å². The Morgan fingerprint density at radius 2 is 2.37 bits per heavy atom. The van der Waals surface area contributed by atoms with Gasteiger partial charge in [0, 0.05) is 21.7 Å². The number of amides is 2. The first-order valence-corrected chi connectivity index (χ1v) is 7.50. The number of nitrogens with one attached hydrogen (secondary N) is 2. The van der Waals surface area contributed by atoms with Gasteiger partial charge < -0.3 is 10.6 Å². The van der Waals surface area contributed by atoms with Crippen LogP contribution in [0.4, 0.5) is 4.79 Å². The summed E-state index contributed by atoms with van der Waals surface area (Å²) in [5.41, 5.74) is 0.981. The number of carbonyl (C=O) groups excluding carboxylic acids is 1. The molecule has 0 bridgehead atoms. The average Bonchev–Trinajstić information content (AvgIpc) is 2.83. The van der Waals surface area contributed by atoms with E-state index < -0.39 is 0 Å². The first-order valence-electron chi connectivity index (χ1n) is 5.83. The molecular formula is C13H14BrN3OS. The second-order valence-corrected chi connectivity index (χ2v) is 5.88. The molecule has 2 heterocycles. The molecule has 0 fully saturated rings. The third kappa shape index (κ3) is 4.04. The number of pyridine rings is 1. The highest BCUT2D eigenvalue weighted by atomic mass is 79.9. The summed E-state index contributed by atoms with van der Waals surface area (Å²) in [4.78, 5) is 16.9. The van der Waals surface area contributed by atoms with Crippen molar-refractivity contribution in [2.24, 2.45) is 0 Å². The van der Waals surface area contributed by atoms with Gasteiger partial charge in [-0.2, -0.15) is 0 Å². The van der Waals surface area contributed by atoms with E-state index in [4.69, 9.17) is 0 Å².